The summed E-state index contributed by atoms with van der Waals surface area (Å²) in [5.74, 6) is 0. The maximum atomic E-state index is 10.3. The molecule has 0 N–H and O–H groups in total. The van der Waals surface area contributed by atoms with Gasteiger partial charge < -0.3 is 5.11 Å². The third-order valence-electron chi connectivity index (χ3n) is 1.40. The average Bonchev–Trinajstić information content (AvgIpc) is 2.16. The van der Waals surface area contributed by atoms with Crippen molar-refractivity contribution in [3.63, 3.8) is 0 Å². The number of aromatic nitrogens is 1. The van der Waals surface area contributed by atoms with Crippen molar-refractivity contribution in [3.8, 4) is 6.07 Å². The number of nitriles is 1. The molecule has 13 heavy (non-hydrogen) atoms. The number of pyridine rings is 1. The number of nitrogens with zero attached hydrogens (tertiary/aromatic N) is 2. The van der Waals surface area contributed by atoms with Gasteiger partial charge in [-0.3, -0.25) is 4.98 Å². The summed E-state index contributed by atoms with van der Waals surface area (Å²) >= 11 is 0. The van der Waals surface area contributed by atoms with Crippen molar-refractivity contribution in [2.45, 2.75) is 6.42 Å². The van der Waals surface area contributed by atoms with Gasteiger partial charge in [0.2, 0.25) is 0 Å². The van der Waals surface area contributed by atoms with E-state index >= 15 is 0 Å². The Hall–Kier alpha value is -0.820. The molecule has 0 aliphatic rings. The monoisotopic (exact) mass is 182 g/mol. The first kappa shape index (κ1) is 12.2. The first-order valence-electron chi connectivity index (χ1n) is 3.47. The van der Waals surface area contributed by atoms with Gasteiger partial charge in [0.05, 0.1) is 6.07 Å². The summed E-state index contributed by atoms with van der Waals surface area (Å²) in [4.78, 5) is 3.87. The van der Waals surface area contributed by atoms with E-state index in [1.807, 2.05) is 12.1 Å². The predicted octanol–water partition coefficient (Wildman–Crippen LogP) is -2.60. The molecule has 0 spiro atoms. The number of hydrogen-bond donors (Lipinski definition) is 0. The molecule has 1 aromatic heterocycles. The zero-order valence-electron chi connectivity index (χ0n) is 7.40. The maximum Gasteiger partial charge on any atom is 1.00 e. The van der Waals surface area contributed by atoms with Gasteiger partial charge in [-0.05, 0) is 11.6 Å². The van der Waals surface area contributed by atoms with Crippen LogP contribution in [0.1, 0.15) is 5.56 Å². The van der Waals surface area contributed by atoms with Gasteiger partial charge in [0.25, 0.3) is 0 Å². The fourth-order valence-electron chi connectivity index (χ4n) is 0.830. The molecule has 0 aliphatic carbocycles. The van der Waals surface area contributed by atoms with Crippen LogP contribution in [0.5, 0.6) is 0 Å². The molecule has 1 aromatic rings. The average molecular weight is 182 g/mol. The van der Waals surface area contributed by atoms with Crippen molar-refractivity contribution in [2.24, 2.45) is 0 Å². The van der Waals surface area contributed by atoms with Crippen molar-refractivity contribution < 1.29 is 34.7 Å². The van der Waals surface area contributed by atoms with Crippen LogP contribution in [0.3, 0.4) is 0 Å². The van der Waals surface area contributed by atoms with Gasteiger partial charge in [-0.15, -0.1) is 6.26 Å². The summed E-state index contributed by atoms with van der Waals surface area (Å²) in [5, 5.41) is 18.7. The molecule has 0 radical (unpaired) electrons. The van der Waals surface area contributed by atoms with Gasteiger partial charge in [-0.1, -0.05) is 6.07 Å². The Bertz CT molecular complexity index is 316. The quantitative estimate of drug-likeness (QED) is 0.286. The van der Waals surface area contributed by atoms with Crippen LogP contribution in [0.2, 0.25) is 0 Å². The normalized spacial score (nSPS) is 9.92. The largest absolute Gasteiger partial charge is 1.00 e. The molecule has 4 heteroatoms. The van der Waals surface area contributed by atoms with Gasteiger partial charge in [0.1, 0.15) is 0 Å². The van der Waals surface area contributed by atoms with Crippen LogP contribution < -0.4 is 34.7 Å². The first-order valence-corrected chi connectivity index (χ1v) is 3.47. The Kier molecular flexibility index (Phi) is 6.25. The predicted molar refractivity (Wildman–Crippen MR) is 41.6 cm³/mol. The Labute approximate surface area is 99.0 Å². The first-order chi connectivity index (χ1) is 5.86. The molecule has 0 atom stereocenters. The van der Waals surface area contributed by atoms with E-state index in [1.54, 1.807) is 18.5 Å². The second-order valence-electron chi connectivity index (χ2n) is 2.29. The summed E-state index contributed by atoms with van der Waals surface area (Å²) in [6.07, 6.45) is 4.23. The molecule has 1 rings (SSSR count). The third-order valence-corrected chi connectivity index (χ3v) is 1.40. The fraction of sp³-hybridized carbons (Fsp3) is 0.111. The fourth-order valence-corrected chi connectivity index (χ4v) is 0.830. The van der Waals surface area contributed by atoms with E-state index < -0.39 is 0 Å². The van der Waals surface area contributed by atoms with Crippen LogP contribution >= 0.6 is 0 Å². The minimum Gasteiger partial charge on any atom is -0.877 e. The summed E-state index contributed by atoms with van der Waals surface area (Å²) in [6, 6.07) is 5.42. The molecule has 0 bridgehead atoms. The Morgan fingerprint density at radius 1 is 1.69 bits per heavy atom. The standard InChI is InChI=1S/C9H8N2O.Na/c10-5-9(7-12)4-8-2-1-3-11-6-8;/h1-3,6-7,12H,4H2;/q;+1/p-1/b9-7-;. The zero-order valence-corrected chi connectivity index (χ0v) is 9.40. The molecular weight excluding hydrogens is 175 g/mol. The molecule has 60 valence electrons. The van der Waals surface area contributed by atoms with Crippen molar-refractivity contribution in [1.82, 2.24) is 4.98 Å². The number of hydrogen-bond acceptors (Lipinski definition) is 3. The maximum absolute atomic E-state index is 10.3. The molecule has 0 saturated carbocycles. The van der Waals surface area contributed by atoms with Crippen molar-refractivity contribution in [2.75, 3.05) is 0 Å². The summed E-state index contributed by atoms with van der Waals surface area (Å²) in [6.45, 7) is 0. The Morgan fingerprint density at radius 2 is 2.46 bits per heavy atom. The molecule has 1 heterocycles. The molecule has 0 aliphatic heterocycles. The van der Waals surface area contributed by atoms with E-state index in [2.05, 4.69) is 4.98 Å². The summed E-state index contributed by atoms with van der Waals surface area (Å²) in [7, 11) is 0. The second-order valence-corrected chi connectivity index (χ2v) is 2.29. The van der Waals surface area contributed by atoms with Crippen LogP contribution in [-0.4, -0.2) is 4.98 Å². The smallest absolute Gasteiger partial charge is 0.877 e. The van der Waals surface area contributed by atoms with E-state index in [0.717, 1.165) is 5.56 Å². The second kappa shape index (κ2) is 6.67. The summed E-state index contributed by atoms with van der Waals surface area (Å²) < 4.78 is 0. The van der Waals surface area contributed by atoms with Crippen LogP contribution in [-0.2, 0) is 6.42 Å². The van der Waals surface area contributed by atoms with Crippen LogP contribution in [0.25, 0.3) is 0 Å². The molecule has 0 fully saturated rings. The minimum atomic E-state index is 0. The minimum absolute atomic E-state index is 0. The van der Waals surface area contributed by atoms with Gasteiger partial charge in [-0.2, -0.15) is 5.26 Å². The van der Waals surface area contributed by atoms with E-state index in [4.69, 9.17) is 5.26 Å². The van der Waals surface area contributed by atoms with Gasteiger partial charge >= 0.3 is 29.6 Å². The molecule has 0 unspecified atom stereocenters. The Morgan fingerprint density at radius 3 is 2.92 bits per heavy atom. The topological polar surface area (TPSA) is 59.7 Å². The van der Waals surface area contributed by atoms with Crippen molar-refractivity contribution >= 4 is 0 Å². The summed E-state index contributed by atoms with van der Waals surface area (Å²) in [5.41, 5.74) is 1.10. The van der Waals surface area contributed by atoms with E-state index in [-0.39, 0.29) is 35.1 Å². The van der Waals surface area contributed by atoms with Crippen LogP contribution in [0.4, 0.5) is 0 Å². The van der Waals surface area contributed by atoms with Crippen LogP contribution in [0.15, 0.2) is 36.4 Å². The van der Waals surface area contributed by atoms with Crippen LogP contribution in [0, 0.1) is 11.3 Å². The number of allylic oxidation sites excluding steroid dienone is 1. The van der Waals surface area contributed by atoms with E-state index in [9.17, 15) is 5.11 Å². The van der Waals surface area contributed by atoms with E-state index in [1.165, 1.54) is 0 Å². The van der Waals surface area contributed by atoms with Crippen molar-refractivity contribution in [3.05, 3.63) is 41.9 Å². The molecule has 0 saturated heterocycles. The molecular formula is C9H7N2NaO. The van der Waals surface area contributed by atoms with E-state index in [0.29, 0.717) is 12.7 Å². The van der Waals surface area contributed by atoms with Gasteiger partial charge in [0, 0.05) is 24.4 Å². The molecule has 3 nitrogen and oxygen atoms in total. The SMILES string of the molecule is N#C/C(=C\[O-])Cc1cccnc1.[Na+]. The number of rotatable bonds is 2. The third kappa shape index (κ3) is 4.09. The van der Waals surface area contributed by atoms with Gasteiger partial charge in [-0.25, -0.2) is 0 Å². The zero-order chi connectivity index (χ0) is 8.81. The molecule has 0 aromatic carbocycles. The van der Waals surface area contributed by atoms with Crippen molar-refractivity contribution in [1.29, 1.82) is 5.26 Å². The molecule has 0 amide bonds. The van der Waals surface area contributed by atoms with Gasteiger partial charge in [0.15, 0.2) is 0 Å². The Balaban J connectivity index is 0.00000144.